The molecule has 39 heteroatoms. The molecule has 0 spiro atoms. The second-order valence-corrected chi connectivity index (χ2v) is 29.2. The predicted molar refractivity (Wildman–Crippen MR) is 367 cm³/mol. The lowest BCUT2D eigenvalue weighted by atomic mass is 9.95. The van der Waals surface area contributed by atoms with Crippen LogP contribution in [0.3, 0.4) is 0 Å². The van der Waals surface area contributed by atoms with Gasteiger partial charge in [0.15, 0.2) is 50.3 Å². The number of carbonyl (C=O) groups is 1. The third-order valence-electron chi connectivity index (χ3n) is 21.0. The van der Waals surface area contributed by atoms with Crippen LogP contribution >= 0.6 is 0 Å². The van der Waals surface area contributed by atoms with Crippen LogP contribution < -0.4 is 9.47 Å². The maximum atomic E-state index is 11.5. The Balaban J connectivity index is 0.000000425. The monoisotopic (exact) mass is 1600 g/mol. The zero-order valence-corrected chi connectivity index (χ0v) is 62.4. The van der Waals surface area contributed by atoms with Gasteiger partial charge < -0.3 is 187 Å². The summed E-state index contributed by atoms with van der Waals surface area (Å²) in [6.07, 6.45) is -63.9. The molecule has 32 rings (SSSR count). The van der Waals surface area contributed by atoms with Crippen molar-refractivity contribution >= 4 is 5.78 Å². The molecule has 0 radical (unpaired) electrons. The molecule has 2 aromatic carbocycles. The minimum absolute atomic E-state index is 0.139. The number of aliphatic hydroxyl groups excluding tert-OH is 20. The molecule has 38 atom stereocenters. The average Bonchev–Trinajstić information content (AvgIpc) is 0.773. The minimum Gasteiger partial charge on any atom is -0.489 e. The van der Waals surface area contributed by atoms with Gasteiger partial charge in [-0.05, 0) is 94.8 Å². The molecule has 30 heterocycles. The summed E-state index contributed by atoms with van der Waals surface area (Å²) in [5, 5.41) is 222. The summed E-state index contributed by atoms with van der Waals surface area (Å²) in [7, 11) is 0. The summed E-state index contributed by atoms with van der Waals surface area (Å²) in [6, 6.07) is 8.05. The number of aliphatic hydroxyl groups is 20. The van der Waals surface area contributed by atoms with Crippen molar-refractivity contribution in [2.75, 3.05) is 46.2 Å². The van der Waals surface area contributed by atoms with Crippen LogP contribution in [-0.2, 0) is 87.0 Å². The molecule has 0 aliphatic carbocycles. The van der Waals surface area contributed by atoms with Crippen molar-refractivity contribution in [1.29, 1.82) is 0 Å². The molecule has 30 saturated heterocycles. The van der Waals surface area contributed by atoms with E-state index >= 15 is 0 Å². The fourth-order valence-corrected chi connectivity index (χ4v) is 15.2. The third kappa shape index (κ3) is 20.1. The van der Waals surface area contributed by atoms with E-state index in [1.165, 1.54) is 6.92 Å². The van der Waals surface area contributed by atoms with Crippen molar-refractivity contribution in [3.05, 3.63) is 64.2 Å². The molecule has 30 fully saturated rings. The lowest BCUT2D eigenvalue weighted by Crippen LogP contribution is -2.68. The number of ether oxygens (including phenoxy) is 18. The molecule has 30 aliphatic heterocycles. The largest absolute Gasteiger partial charge is 0.489 e. The van der Waals surface area contributed by atoms with E-state index < -0.39 is 280 Å². The molecule has 14 unspecified atom stereocenters. The number of benzene rings is 2. The molecule has 111 heavy (non-hydrogen) atoms. The highest BCUT2D eigenvalue weighted by atomic mass is 16.8. The second kappa shape index (κ2) is 39.5. The molecular formula is C72H110O39. The fourth-order valence-electron chi connectivity index (χ4n) is 15.2. The van der Waals surface area contributed by atoms with E-state index in [2.05, 4.69) is 0 Å². The van der Waals surface area contributed by atoms with Gasteiger partial charge in [0.05, 0.1) is 64.1 Å². The molecule has 632 valence electrons. The average molecular weight is 1600 g/mol. The van der Waals surface area contributed by atoms with Crippen molar-refractivity contribution in [2.24, 2.45) is 0 Å². The van der Waals surface area contributed by atoms with Crippen LogP contribution in [0.1, 0.15) is 74.8 Å². The van der Waals surface area contributed by atoms with Crippen LogP contribution in [0, 0.1) is 27.7 Å². The van der Waals surface area contributed by atoms with E-state index in [1.54, 1.807) is 13.8 Å². The lowest BCUT2D eigenvalue weighted by molar-refractivity contribution is -0.398. The molecule has 16 bridgehead atoms. The summed E-state index contributed by atoms with van der Waals surface area (Å²) in [5.41, 5.74) is 5.19. The van der Waals surface area contributed by atoms with E-state index in [0.717, 1.165) is 45.1 Å². The number of ketones is 1. The molecule has 0 saturated carbocycles. The Bertz CT molecular complexity index is 3230. The third-order valence-corrected chi connectivity index (χ3v) is 21.0. The highest BCUT2D eigenvalue weighted by Crippen LogP contribution is 2.41. The van der Waals surface area contributed by atoms with E-state index in [-0.39, 0.29) is 18.6 Å². The minimum atomic E-state index is -2.20. The first-order valence-electron chi connectivity index (χ1n) is 37.1. The standard InChI is InChI=1S/C49H82O36.C23H28O3/c1-3-15-37-13(56)4-22(71-15)78-38-14(57)5-23(72-16(38)6-50)79-39-17(7-51)73-46(31(65)25(39)59)82-41-19(9-53)75-48(33(67)27(41)61)84-43-21(11-55)77-49(35(69)29(43)63)85-42-20(10-54)76-47(34(68)28(42)62)83-40-18(8-52)74-45(32(66)26(40)60)80-36-12(2)70-44(81-37)30(64)24(36)58;1-7-8-9-25-22-17(4)12-21(13-18(22)5)26-23-15(2)10-20(11-16(23)3)14-19(6)24/h12-69H,3-11H2,1-2H3;7-8,10-13H,9,14H2,1-6H3/b;8-7+/t12?,13-,14-,15?,16?,17?,18?,19?,20?,21?,22-,23-,24-,25-,26-,27-,28-,29-,30?,31?,32?,33?,34?,35?,36-,37+,38+,39-,40-,41-,42-,43-,44-,45+,46-,47-,48-,49+;/m1./s1. The summed E-state index contributed by atoms with van der Waals surface area (Å²) in [6.45, 7) is 9.49. The number of hydrogen-bond donors (Lipinski definition) is 20. The van der Waals surface area contributed by atoms with E-state index in [1.807, 2.05) is 71.0 Å². The van der Waals surface area contributed by atoms with E-state index in [9.17, 15) is 107 Å². The van der Waals surface area contributed by atoms with E-state index in [0.29, 0.717) is 13.0 Å². The van der Waals surface area contributed by atoms with Gasteiger partial charge in [0.25, 0.3) is 0 Å². The number of hydrogen-bond acceptors (Lipinski definition) is 39. The molecular weight excluding hydrogens is 1490 g/mol. The maximum absolute atomic E-state index is 11.5. The van der Waals surface area contributed by atoms with Gasteiger partial charge in [0.2, 0.25) is 0 Å². The Kier molecular flexibility index (Phi) is 31.8. The van der Waals surface area contributed by atoms with Crippen LogP contribution in [0.5, 0.6) is 17.2 Å². The van der Waals surface area contributed by atoms with Gasteiger partial charge in [0, 0.05) is 19.3 Å². The summed E-state index contributed by atoms with van der Waals surface area (Å²) >= 11 is 0. The zero-order chi connectivity index (χ0) is 80.9. The highest BCUT2D eigenvalue weighted by Gasteiger charge is 2.59. The topological polar surface area (TPSA) is 588 Å². The van der Waals surface area contributed by atoms with Crippen LogP contribution in [0.4, 0.5) is 0 Å². The van der Waals surface area contributed by atoms with Gasteiger partial charge in [-0.2, -0.15) is 0 Å². The van der Waals surface area contributed by atoms with Crippen LogP contribution in [0.25, 0.3) is 0 Å². The molecule has 39 nitrogen and oxygen atoms in total. The lowest BCUT2D eigenvalue weighted by Gasteiger charge is -2.50. The Morgan fingerprint density at radius 1 is 0.387 bits per heavy atom. The van der Waals surface area contributed by atoms with Gasteiger partial charge in [-0.3, -0.25) is 4.79 Å². The number of rotatable bonds is 14. The summed E-state index contributed by atoms with van der Waals surface area (Å²) in [5.74, 6) is 2.71. The SMILES string of the molecule is C/C=C/COc1c(C)cc(Oc2c(C)cc(CC(C)=O)cc2C)cc1C.CCC1O[C@H]2C[C@@H](O)[C@@H]1O[C@H]1OC(C)[C@@H](O[C@@H]3OC(CO)[C@@H](O[C@H]4OC(CO)[C@@H](O[C@@H]5OC(CO)[C@@H](O[C@H]6OC(CO)[C@@H](O[C@H]7OC(CO)[C@@H](O[C@@H]8C[C@@H](O)[C@H](O2)C(CO)O8)[C@H](O)C7O)[C@H](O)C6O)[C@H](O)C5O)[C@H](O)C4O)[C@H](O)C3O)[C@H](O)C1O. The Hall–Kier alpha value is -3.99. The number of aryl methyl sites for hydroxylation is 4. The van der Waals surface area contributed by atoms with Crippen molar-refractivity contribution < 1.29 is 192 Å². The smallest absolute Gasteiger partial charge is 0.187 e. The van der Waals surface area contributed by atoms with Gasteiger partial charge in [-0.25, -0.2) is 0 Å². The van der Waals surface area contributed by atoms with Crippen LogP contribution in [0.15, 0.2) is 36.4 Å². The number of allylic oxidation sites excluding steroid dienone is 1. The van der Waals surface area contributed by atoms with Crippen molar-refractivity contribution in [3.8, 4) is 17.2 Å². The zero-order valence-electron chi connectivity index (χ0n) is 62.4. The molecule has 20 N–H and O–H groups in total. The van der Waals surface area contributed by atoms with Gasteiger partial charge in [-0.15, -0.1) is 0 Å². The van der Waals surface area contributed by atoms with Crippen molar-refractivity contribution in [2.45, 2.75) is 315 Å². The van der Waals surface area contributed by atoms with Gasteiger partial charge in [-0.1, -0.05) is 31.2 Å². The fraction of sp³-hybridized carbons (Fsp3) is 0.792. The number of Topliss-reactive ketones (excluding diaryl/α,β-unsaturated/α-hetero) is 1. The quantitative estimate of drug-likeness (QED) is 0.0782. The van der Waals surface area contributed by atoms with Crippen molar-refractivity contribution in [3.63, 3.8) is 0 Å². The summed E-state index contributed by atoms with van der Waals surface area (Å²) < 4.78 is 106. The Labute approximate surface area is 638 Å². The van der Waals surface area contributed by atoms with Gasteiger partial charge in [0.1, 0.15) is 188 Å². The number of carbonyl (C=O) groups excluding carboxylic acids is 1. The van der Waals surface area contributed by atoms with Crippen LogP contribution in [-0.4, -0.2) is 388 Å². The first-order valence-corrected chi connectivity index (χ1v) is 37.1. The normalized spacial score (nSPS) is 44.8. The Morgan fingerprint density at radius 2 is 0.685 bits per heavy atom. The van der Waals surface area contributed by atoms with Crippen LogP contribution in [0.2, 0.25) is 0 Å². The van der Waals surface area contributed by atoms with E-state index in [4.69, 9.17) is 85.3 Å². The van der Waals surface area contributed by atoms with Gasteiger partial charge >= 0.3 is 0 Å². The van der Waals surface area contributed by atoms with Crippen molar-refractivity contribution in [1.82, 2.24) is 0 Å². The summed E-state index contributed by atoms with van der Waals surface area (Å²) in [4.78, 5) is 11.4. The molecule has 0 aromatic heterocycles. The molecule has 0 amide bonds. The maximum Gasteiger partial charge on any atom is 0.187 e. The second-order valence-electron chi connectivity index (χ2n) is 29.2. The highest BCUT2D eigenvalue weighted by molar-refractivity contribution is 5.78. The predicted octanol–water partition coefficient (Wildman–Crippen LogP) is -7.10. The first kappa shape index (κ1) is 89.4. The Morgan fingerprint density at radius 3 is 1.04 bits per heavy atom. The first-order chi connectivity index (χ1) is 52.8. The molecule has 2 aromatic rings. The molecule has 30 aliphatic rings.